The molecule has 2 fully saturated rings. The fraction of sp³-hybridized carbons (Fsp3) is 0.429. The van der Waals surface area contributed by atoms with Crippen molar-refractivity contribution in [1.29, 1.82) is 0 Å². The van der Waals surface area contributed by atoms with Crippen molar-refractivity contribution >= 4 is 23.1 Å². The van der Waals surface area contributed by atoms with E-state index >= 15 is 0 Å². The average Bonchev–Trinajstić information content (AvgIpc) is 3.51. The molecular formula is C28H34N2O6. The first-order chi connectivity index (χ1) is 17.4. The number of nitrogens with zero attached hydrogens (tertiary/aromatic N) is 2. The Morgan fingerprint density at radius 1 is 1.08 bits per heavy atom. The normalized spacial score (nSPS) is 21.2. The second kappa shape index (κ2) is 11.0. The average molecular weight is 495 g/mol. The van der Waals surface area contributed by atoms with Gasteiger partial charge in [-0.15, -0.1) is 0 Å². The number of amides is 1. The zero-order chi connectivity index (χ0) is 25.8. The molecule has 0 saturated carbocycles. The first kappa shape index (κ1) is 25.6. The molecule has 0 radical (unpaired) electrons. The van der Waals surface area contributed by atoms with E-state index in [-0.39, 0.29) is 24.0 Å². The number of benzene rings is 2. The molecule has 8 nitrogen and oxygen atoms in total. The lowest BCUT2D eigenvalue weighted by Crippen LogP contribution is -2.36. The van der Waals surface area contributed by atoms with Gasteiger partial charge >= 0.3 is 0 Å². The van der Waals surface area contributed by atoms with Gasteiger partial charge in [0.1, 0.15) is 17.3 Å². The summed E-state index contributed by atoms with van der Waals surface area (Å²) in [5, 5.41) is 11.4. The molecule has 2 aliphatic heterocycles. The predicted molar refractivity (Wildman–Crippen MR) is 138 cm³/mol. The molecule has 2 saturated heterocycles. The standard InChI is InChI=1S/C28H34N2O6/c1-5-29(6-2)19-11-9-18(10-12-19)25-24(26(31)22-14-13-20(34-3)16-23(22)35-4)27(32)28(33)30(25)17-21-8-7-15-36-21/h9-14,16,21,25,31H,5-8,15,17H2,1-4H3/b26-24-. The molecule has 2 heterocycles. The van der Waals surface area contributed by atoms with E-state index in [2.05, 4.69) is 18.7 Å². The van der Waals surface area contributed by atoms with E-state index in [1.807, 2.05) is 24.3 Å². The maximum Gasteiger partial charge on any atom is 0.295 e. The molecule has 8 heteroatoms. The number of anilines is 1. The summed E-state index contributed by atoms with van der Waals surface area (Å²) in [6.45, 7) is 6.84. The molecule has 192 valence electrons. The van der Waals surface area contributed by atoms with Gasteiger partial charge in [0.15, 0.2) is 0 Å². The minimum absolute atomic E-state index is 0.0389. The van der Waals surface area contributed by atoms with Crippen molar-refractivity contribution < 1.29 is 28.9 Å². The zero-order valence-electron chi connectivity index (χ0n) is 21.3. The number of ether oxygens (including phenoxy) is 3. The molecule has 36 heavy (non-hydrogen) atoms. The monoisotopic (exact) mass is 494 g/mol. The van der Waals surface area contributed by atoms with Gasteiger partial charge in [0.25, 0.3) is 11.7 Å². The second-order valence-corrected chi connectivity index (χ2v) is 8.92. The number of hydrogen-bond acceptors (Lipinski definition) is 7. The van der Waals surface area contributed by atoms with Crippen LogP contribution >= 0.6 is 0 Å². The molecule has 1 amide bonds. The second-order valence-electron chi connectivity index (χ2n) is 8.92. The predicted octanol–water partition coefficient (Wildman–Crippen LogP) is 4.15. The Morgan fingerprint density at radius 2 is 1.81 bits per heavy atom. The molecule has 2 unspecified atom stereocenters. The molecular weight excluding hydrogens is 460 g/mol. The number of Topliss-reactive ketones (excluding diaryl/α,β-unsaturated/α-hetero) is 1. The number of likely N-dealkylation sites (tertiary alicyclic amines) is 1. The Labute approximate surface area is 212 Å². The summed E-state index contributed by atoms with van der Waals surface area (Å²) in [6.07, 6.45) is 1.60. The SMILES string of the molecule is CCN(CC)c1ccc(C2/C(=C(/O)c3ccc(OC)cc3OC)C(=O)C(=O)N2CC2CCCO2)cc1. The lowest BCUT2D eigenvalue weighted by Gasteiger charge is -2.28. The zero-order valence-corrected chi connectivity index (χ0v) is 21.3. The number of aliphatic hydroxyl groups is 1. The van der Waals surface area contributed by atoms with Crippen LogP contribution in [0.25, 0.3) is 5.76 Å². The summed E-state index contributed by atoms with van der Waals surface area (Å²) in [5.41, 5.74) is 2.16. The van der Waals surface area contributed by atoms with Crippen LogP contribution in [-0.4, -0.2) is 68.3 Å². The van der Waals surface area contributed by atoms with E-state index in [0.717, 1.165) is 37.2 Å². The maximum atomic E-state index is 13.4. The Kier molecular flexibility index (Phi) is 7.84. The van der Waals surface area contributed by atoms with E-state index in [4.69, 9.17) is 14.2 Å². The number of rotatable bonds is 9. The van der Waals surface area contributed by atoms with Crippen LogP contribution in [0.2, 0.25) is 0 Å². The molecule has 0 bridgehead atoms. The van der Waals surface area contributed by atoms with Gasteiger partial charge in [-0.1, -0.05) is 12.1 Å². The van der Waals surface area contributed by atoms with Crippen LogP contribution in [-0.2, 0) is 14.3 Å². The highest BCUT2D eigenvalue weighted by Crippen LogP contribution is 2.42. The van der Waals surface area contributed by atoms with E-state index in [1.54, 1.807) is 18.2 Å². The summed E-state index contributed by atoms with van der Waals surface area (Å²) in [6, 6.07) is 12.0. The van der Waals surface area contributed by atoms with Crippen molar-refractivity contribution in [2.24, 2.45) is 0 Å². The van der Waals surface area contributed by atoms with Gasteiger partial charge in [-0.05, 0) is 56.5 Å². The van der Waals surface area contributed by atoms with E-state index in [1.165, 1.54) is 19.1 Å². The molecule has 0 spiro atoms. The number of hydrogen-bond donors (Lipinski definition) is 1. The van der Waals surface area contributed by atoms with Crippen LogP contribution in [0.3, 0.4) is 0 Å². The summed E-state index contributed by atoms with van der Waals surface area (Å²) >= 11 is 0. The minimum Gasteiger partial charge on any atom is -0.507 e. The maximum absolute atomic E-state index is 13.4. The van der Waals surface area contributed by atoms with E-state index < -0.39 is 17.7 Å². The number of methoxy groups -OCH3 is 2. The molecule has 2 atom stereocenters. The largest absolute Gasteiger partial charge is 0.507 e. The van der Waals surface area contributed by atoms with Crippen LogP contribution < -0.4 is 14.4 Å². The summed E-state index contributed by atoms with van der Waals surface area (Å²) < 4.78 is 16.5. The lowest BCUT2D eigenvalue weighted by atomic mass is 9.94. The van der Waals surface area contributed by atoms with Gasteiger partial charge in [-0.25, -0.2) is 0 Å². The topological polar surface area (TPSA) is 88.5 Å². The minimum atomic E-state index is -0.744. The third-order valence-electron chi connectivity index (χ3n) is 6.97. The summed E-state index contributed by atoms with van der Waals surface area (Å²) in [5.74, 6) is -0.752. The highest BCUT2D eigenvalue weighted by molar-refractivity contribution is 6.46. The van der Waals surface area contributed by atoms with Crippen molar-refractivity contribution in [1.82, 2.24) is 4.90 Å². The number of aliphatic hydroxyl groups excluding tert-OH is 1. The van der Waals surface area contributed by atoms with Crippen molar-refractivity contribution in [2.75, 3.05) is 45.4 Å². The Bertz CT molecular complexity index is 1130. The Morgan fingerprint density at radius 3 is 2.39 bits per heavy atom. The first-order valence-electron chi connectivity index (χ1n) is 12.4. The summed E-state index contributed by atoms with van der Waals surface area (Å²) in [7, 11) is 3.01. The number of ketones is 1. The number of carbonyl (C=O) groups excluding carboxylic acids is 2. The third-order valence-corrected chi connectivity index (χ3v) is 6.97. The molecule has 2 aromatic rings. The van der Waals surface area contributed by atoms with Crippen LogP contribution in [0.1, 0.15) is 43.9 Å². The van der Waals surface area contributed by atoms with Gasteiger partial charge in [-0.3, -0.25) is 9.59 Å². The Hall–Kier alpha value is -3.52. The van der Waals surface area contributed by atoms with E-state index in [9.17, 15) is 14.7 Å². The van der Waals surface area contributed by atoms with Gasteiger partial charge in [0, 0.05) is 38.0 Å². The molecule has 4 rings (SSSR count). The molecule has 2 aromatic carbocycles. The highest BCUT2D eigenvalue weighted by atomic mass is 16.5. The lowest BCUT2D eigenvalue weighted by molar-refractivity contribution is -0.140. The smallest absolute Gasteiger partial charge is 0.295 e. The van der Waals surface area contributed by atoms with Crippen molar-refractivity contribution in [2.45, 2.75) is 38.8 Å². The molecule has 0 aromatic heterocycles. The van der Waals surface area contributed by atoms with Gasteiger partial charge < -0.3 is 29.1 Å². The molecule has 1 N–H and O–H groups in total. The van der Waals surface area contributed by atoms with Crippen molar-refractivity contribution in [3.05, 3.63) is 59.2 Å². The van der Waals surface area contributed by atoms with Crippen molar-refractivity contribution in [3.8, 4) is 11.5 Å². The van der Waals surface area contributed by atoms with Crippen molar-refractivity contribution in [3.63, 3.8) is 0 Å². The highest BCUT2D eigenvalue weighted by Gasteiger charge is 2.47. The fourth-order valence-electron chi connectivity index (χ4n) is 5.02. The van der Waals surface area contributed by atoms with Gasteiger partial charge in [0.2, 0.25) is 0 Å². The first-order valence-corrected chi connectivity index (χ1v) is 12.4. The fourth-order valence-corrected chi connectivity index (χ4v) is 5.02. The number of carbonyl (C=O) groups is 2. The van der Waals surface area contributed by atoms with Crippen LogP contribution in [0.5, 0.6) is 11.5 Å². The third kappa shape index (κ3) is 4.78. The van der Waals surface area contributed by atoms with Gasteiger partial charge in [-0.2, -0.15) is 0 Å². The van der Waals surface area contributed by atoms with Crippen LogP contribution in [0.4, 0.5) is 5.69 Å². The summed E-state index contributed by atoms with van der Waals surface area (Å²) in [4.78, 5) is 30.4. The van der Waals surface area contributed by atoms with Gasteiger partial charge in [0.05, 0.1) is 37.5 Å². The van der Waals surface area contributed by atoms with E-state index in [0.29, 0.717) is 23.7 Å². The van der Waals surface area contributed by atoms with Crippen LogP contribution in [0, 0.1) is 0 Å². The molecule has 0 aliphatic carbocycles. The quantitative estimate of drug-likeness (QED) is 0.318. The molecule has 2 aliphatic rings. The Balaban J connectivity index is 1.83. The van der Waals surface area contributed by atoms with Crippen LogP contribution in [0.15, 0.2) is 48.0 Å².